The van der Waals surface area contributed by atoms with E-state index in [2.05, 4.69) is 0 Å². The molecular formula is C23H29ClN2O5S. The Bertz CT molecular complexity index is 1100. The topological polar surface area (TPSA) is 76.1 Å². The Labute approximate surface area is 194 Å². The van der Waals surface area contributed by atoms with E-state index in [1.807, 2.05) is 12.1 Å². The molecule has 174 valence electrons. The highest BCUT2D eigenvalue weighted by Gasteiger charge is 2.34. The third-order valence-electron chi connectivity index (χ3n) is 5.88. The molecule has 1 saturated heterocycles. The fourth-order valence-corrected chi connectivity index (χ4v) is 5.45. The highest BCUT2D eigenvalue weighted by molar-refractivity contribution is 7.89. The lowest BCUT2D eigenvalue weighted by atomic mass is 10.0. The minimum atomic E-state index is -3.75. The zero-order valence-electron chi connectivity index (χ0n) is 19.0. The van der Waals surface area contributed by atoms with Gasteiger partial charge in [-0.2, -0.15) is 4.31 Å². The summed E-state index contributed by atoms with van der Waals surface area (Å²) in [4.78, 5) is 15.3. The number of benzene rings is 2. The van der Waals surface area contributed by atoms with E-state index >= 15 is 0 Å². The molecule has 1 atom stereocenters. The highest BCUT2D eigenvalue weighted by Crippen LogP contribution is 2.40. The van der Waals surface area contributed by atoms with Gasteiger partial charge in [0.25, 0.3) is 5.91 Å². The predicted octanol–water partition coefficient (Wildman–Crippen LogP) is 4.36. The number of nitrogens with zero attached hydrogens (tertiary/aromatic N) is 2. The van der Waals surface area contributed by atoms with Crippen molar-refractivity contribution in [1.82, 2.24) is 9.21 Å². The first-order valence-corrected chi connectivity index (χ1v) is 12.2. The number of rotatable bonds is 7. The lowest BCUT2D eigenvalue weighted by Crippen LogP contribution is -2.34. The monoisotopic (exact) mass is 480 g/mol. The molecule has 2 aromatic rings. The number of carbonyl (C=O) groups excluding carboxylic acids is 1. The van der Waals surface area contributed by atoms with Crippen LogP contribution in [0, 0.1) is 0 Å². The molecule has 0 saturated carbocycles. The summed E-state index contributed by atoms with van der Waals surface area (Å²) in [5.74, 6) is 1.02. The lowest BCUT2D eigenvalue weighted by Gasteiger charge is -2.27. The Kier molecular flexibility index (Phi) is 7.37. The van der Waals surface area contributed by atoms with E-state index in [9.17, 15) is 13.2 Å². The Morgan fingerprint density at radius 3 is 2.50 bits per heavy atom. The van der Waals surface area contributed by atoms with Gasteiger partial charge in [-0.05, 0) is 63.1 Å². The number of methoxy groups -OCH3 is 2. The molecule has 1 heterocycles. The van der Waals surface area contributed by atoms with Gasteiger partial charge in [0.15, 0.2) is 0 Å². The first-order chi connectivity index (χ1) is 15.1. The van der Waals surface area contributed by atoms with Crippen molar-refractivity contribution in [3.05, 3.63) is 52.5 Å². The van der Waals surface area contributed by atoms with Crippen molar-refractivity contribution in [2.45, 2.75) is 43.7 Å². The van der Waals surface area contributed by atoms with Crippen molar-refractivity contribution < 1.29 is 22.7 Å². The maximum Gasteiger partial charge on any atom is 0.255 e. The van der Waals surface area contributed by atoms with Gasteiger partial charge < -0.3 is 14.4 Å². The Morgan fingerprint density at radius 1 is 1.16 bits per heavy atom. The smallest absolute Gasteiger partial charge is 0.255 e. The first-order valence-electron chi connectivity index (χ1n) is 10.4. The zero-order chi connectivity index (χ0) is 23.6. The summed E-state index contributed by atoms with van der Waals surface area (Å²) in [5, 5.41) is 0.212. The van der Waals surface area contributed by atoms with Crippen molar-refractivity contribution in [3.63, 3.8) is 0 Å². The van der Waals surface area contributed by atoms with Gasteiger partial charge in [-0.1, -0.05) is 11.6 Å². The highest BCUT2D eigenvalue weighted by atomic mass is 35.5. The fraction of sp³-hybridized carbons (Fsp3) is 0.435. The third-order valence-corrected chi connectivity index (χ3v) is 8.24. The quantitative estimate of drug-likeness (QED) is 0.588. The van der Waals surface area contributed by atoms with Crippen LogP contribution in [0.3, 0.4) is 0 Å². The van der Waals surface area contributed by atoms with Gasteiger partial charge in [0.05, 0.1) is 35.7 Å². The van der Waals surface area contributed by atoms with E-state index in [4.69, 9.17) is 21.1 Å². The zero-order valence-corrected chi connectivity index (χ0v) is 20.5. The summed E-state index contributed by atoms with van der Waals surface area (Å²) >= 11 is 6.36. The van der Waals surface area contributed by atoms with Crippen LogP contribution < -0.4 is 9.47 Å². The largest absolute Gasteiger partial charge is 0.497 e. The average Bonchev–Trinajstić information content (AvgIpc) is 3.27. The maximum absolute atomic E-state index is 13.5. The van der Waals surface area contributed by atoms with Gasteiger partial charge in [0.1, 0.15) is 11.5 Å². The van der Waals surface area contributed by atoms with Crippen LogP contribution in [0.15, 0.2) is 41.3 Å². The van der Waals surface area contributed by atoms with Gasteiger partial charge >= 0.3 is 0 Å². The minimum Gasteiger partial charge on any atom is -0.497 e. The molecule has 3 rings (SSSR count). The van der Waals surface area contributed by atoms with Crippen LogP contribution in [-0.4, -0.2) is 57.4 Å². The minimum absolute atomic E-state index is 0.0381. The molecule has 1 amide bonds. The molecule has 32 heavy (non-hydrogen) atoms. The van der Waals surface area contributed by atoms with Crippen LogP contribution in [0.4, 0.5) is 0 Å². The summed E-state index contributed by atoms with van der Waals surface area (Å²) in [6.07, 6.45) is 1.56. The molecule has 1 unspecified atom stereocenters. The first kappa shape index (κ1) is 24.4. The van der Waals surface area contributed by atoms with E-state index in [0.717, 1.165) is 18.4 Å². The SMILES string of the molecule is COc1ccc(OC)c(C2CCCN2C(=O)c2cc(S(=O)(=O)N(C)C(C)C)ccc2Cl)c1. The number of sulfonamides is 1. The number of ether oxygens (including phenoxy) is 2. The maximum atomic E-state index is 13.5. The van der Waals surface area contributed by atoms with Gasteiger partial charge in [-0.3, -0.25) is 4.79 Å². The van der Waals surface area contributed by atoms with Crippen LogP contribution in [0.25, 0.3) is 0 Å². The molecule has 0 N–H and O–H groups in total. The van der Waals surface area contributed by atoms with Crippen LogP contribution >= 0.6 is 11.6 Å². The normalized spacial score (nSPS) is 16.6. The molecule has 0 aliphatic carbocycles. The number of amides is 1. The van der Waals surface area contributed by atoms with Crippen LogP contribution in [-0.2, 0) is 10.0 Å². The average molecular weight is 481 g/mol. The molecule has 0 aromatic heterocycles. The fourth-order valence-electron chi connectivity index (χ4n) is 3.86. The Balaban J connectivity index is 2.01. The van der Waals surface area contributed by atoms with Crippen molar-refractivity contribution in [2.24, 2.45) is 0 Å². The van der Waals surface area contributed by atoms with Crippen LogP contribution in [0.1, 0.15) is 48.7 Å². The third kappa shape index (κ3) is 4.58. The van der Waals surface area contributed by atoms with E-state index in [1.54, 1.807) is 39.0 Å². The number of hydrogen-bond acceptors (Lipinski definition) is 5. The number of halogens is 1. The Hall–Kier alpha value is -2.29. The number of likely N-dealkylation sites (tertiary alicyclic amines) is 1. The Morgan fingerprint density at radius 2 is 1.88 bits per heavy atom. The molecular weight excluding hydrogens is 452 g/mol. The molecule has 1 aliphatic heterocycles. The van der Waals surface area contributed by atoms with Crippen LogP contribution in [0.5, 0.6) is 11.5 Å². The second-order valence-corrected chi connectivity index (χ2v) is 10.4. The predicted molar refractivity (Wildman–Crippen MR) is 124 cm³/mol. The van der Waals surface area contributed by atoms with E-state index in [-0.39, 0.29) is 33.5 Å². The van der Waals surface area contributed by atoms with Gasteiger partial charge in [-0.15, -0.1) is 0 Å². The summed E-state index contributed by atoms with van der Waals surface area (Å²) in [7, 11) is 0.936. The summed E-state index contributed by atoms with van der Waals surface area (Å²) < 4.78 is 38.0. The molecule has 1 aliphatic rings. The van der Waals surface area contributed by atoms with Crippen molar-refractivity contribution in [2.75, 3.05) is 27.8 Å². The molecule has 7 nitrogen and oxygen atoms in total. The van der Waals surface area contributed by atoms with E-state index in [1.165, 1.54) is 29.6 Å². The second-order valence-electron chi connectivity index (χ2n) is 8.02. The van der Waals surface area contributed by atoms with Crippen molar-refractivity contribution >= 4 is 27.5 Å². The molecule has 1 fully saturated rings. The molecule has 0 spiro atoms. The van der Waals surface area contributed by atoms with Gasteiger partial charge in [0.2, 0.25) is 10.0 Å². The van der Waals surface area contributed by atoms with Gasteiger partial charge in [-0.25, -0.2) is 8.42 Å². The molecule has 0 bridgehead atoms. The number of carbonyl (C=O) groups is 1. The number of hydrogen-bond donors (Lipinski definition) is 0. The van der Waals surface area contributed by atoms with E-state index in [0.29, 0.717) is 18.0 Å². The molecule has 2 aromatic carbocycles. The van der Waals surface area contributed by atoms with Crippen LogP contribution in [0.2, 0.25) is 5.02 Å². The molecule has 9 heteroatoms. The molecule has 0 radical (unpaired) electrons. The van der Waals surface area contributed by atoms with E-state index < -0.39 is 10.0 Å². The van der Waals surface area contributed by atoms with Crippen molar-refractivity contribution in [1.29, 1.82) is 0 Å². The summed E-state index contributed by atoms with van der Waals surface area (Å²) in [6, 6.07) is 9.30. The second kappa shape index (κ2) is 9.68. The van der Waals surface area contributed by atoms with Crippen molar-refractivity contribution in [3.8, 4) is 11.5 Å². The standard InChI is InChI=1S/C23H29ClN2O5S/c1-15(2)25(3)32(28,29)17-9-10-20(24)18(14-17)23(27)26-12-6-7-21(26)19-13-16(30-4)8-11-22(19)31-5/h8-11,13-15,21H,6-7,12H2,1-5H3. The summed E-state index contributed by atoms with van der Waals surface area (Å²) in [5.41, 5.74) is 1.01. The summed E-state index contributed by atoms with van der Waals surface area (Å²) in [6.45, 7) is 4.11. The lowest BCUT2D eigenvalue weighted by molar-refractivity contribution is 0.0734. The van der Waals surface area contributed by atoms with Gasteiger partial charge in [0, 0.05) is 25.2 Å².